The summed E-state index contributed by atoms with van der Waals surface area (Å²) in [6, 6.07) is 0.722. The Morgan fingerprint density at radius 2 is 1.74 bits per heavy atom. The van der Waals surface area contributed by atoms with E-state index in [4.69, 9.17) is 0 Å². The van der Waals surface area contributed by atoms with Gasteiger partial charge in [-0.1, -0.05) is 19.3 Å². The van der Waals surface area contributed by atoms with Gasteiger partial charge >= 0.3 is 0 Å². The zero-order valence-corrected chi connectivity index (χ0v) is 12.1. The topological polar surface area (TPSA) is 32.3 Å². The highest BCUT2D eigenvalue weighted by molar-refractivity contribution is 5.76. The van der Waals surface area contributed by atoms with Gasteiger partial charge in [0.2, 0.25) is 5.91 Å². The van der Waals surface area contributed by atoms with Crippen LogP contribution >= 0.6 is 0 Å². The largest absolute Gasteiger partial charge is 0.343 e. The molecule has 0 unspecified atom stereocenters. The Labute approximate surface area is 117 Å². The highest BCUT2D eigenvalue weighted by atomic mass is 16.2. The molecule has 1 spiro atoms. The molecule has 0 atom stereocenters. The maximum Gasteiger partial charge on any atom is 0.223 e. The van der Waals surface area contributed by atoms with Gasteiger partial charge in [-0.25, -0.2) is 0 Å². The van der Waals surface area contributed by atoms with Crippen molar-refractivity contribution in [2.75, 3.05) is 19.6 Å². The normalized spacial score (nSPS) is 26.6. The maximum absolute atomic E-state index is 12.2. The number of nitrogens with one attached hydrogen (secondary N) is 1. The minimum absolute atomic E-state index is 0.374. The van der Waals surface area contributed by atoms with Crippen LogP contribution in [0.4, 0.5) is 0 Å². The van der Waals surface area contributed by atoms with E-state index in [2.05, 4.69) is 10.2 Å². The van der Waals surface area contributed by atoms with Gasteiger partial charge in [0.25, 0.3) is 0 Å². The molecule has 0 bridgehead atoms. The molecule has 108 valence electrons. The number of hydrogen-bond donors (Lipinski definition) is 1. The van der Waals surface area contributed by atoms with Crippen LogP contribution in [-0.2, 0) is 4.79 Å². The highest BCUT2D eigenvalue weighted by Gasteiger charge is 2.36. The third-order valence-corrected chi connectivity index (χ3v) is 5.44. The lowest BCUT2D eigenvalue weighted by atomic mass is 9.68. The van der Waals surface area contributed by atoms with Crippen molar-refractivity contribution in [3.05, 3.63) is 0 Å². The molecule has 0 aromatic carbocycles. The molecule has 0 aromatic heterocycles. The van der Waals surface area contributed by atoms with Crippen LogP contribution in [0.15, 0.2) is 0 Å². The van der Waals surface area contributed by atoms with Crippen LogP contribution in [0, 0.1) is 5.41 Å². The van der Waals surface area contributed by atoms with E-state index < -0.39 is 0 Å². The summed E-state index contributed by atoms with van der Waals surface area (Å²) in [5, 5.41) is 3.44. The predicted molar refractivity (Wildman–Crippen MR) is 77.0 cm³/mol. The summed E-state index contributed by atoms with van der Waals surface area (Å²) < 4.78 is 0. The molecule has 3 fully saturated rings. The first-order valence-electron chi connectivity index (χ1n) is 8.29. The van der Waals surface area contributed by atoms with Crippen LogP contribution in [0.2, 0.25) is 0 Å². The van der Waals surface area contributed by atoms with Crippen LogP contribution in [-0.4, -0.2) is 36.5 Å². The molecule has 1 saturated heterocycles. The Hall–Kier alpha value is -0.570. The molecule has 0 aromatic rings. The first-order valence-corrected chi connectivity index (χ1v) is 8.29. The van der Waals surface area contributed by atoms with E-state index in [1.54, 1.807) is 0 Å². The quantitative estimate of drug-likeness (QED) is 0.846. The number of carbonyl (C=O) groups is 1. The Morgan fingerprint density at radius 1 is 1.05 bits per heavy atom. The Morgan fingerprint density at radius 3 is 2.37 bits per heavy atom. The summed E-state index contributed by atoms with van der Waals surface area (Å²) in [5.74, 6) is 0.374. The molecule has 1 N–H and O–H groups in total. The predicted octanol–water partition coefficient (Wildman–Crippen LogP) is 2.70. The number of amides is 1. The smallest absolute Gasteiger partial charge is 0.223 e. The summed E-state index contributed by atoms with van der Waals surface area (Å²) in [5.41, 5.74) is 0.612. The molecule has 3 heteroatoms. The Balaban J connectivity index is 1.39. The zero-order valence-electron chi connectivity index (χ0n) is 12.1. The van der Waals surface area contributed by atoms with E-state index in [-0.39, 0.29) is 0 Å². The van der Waals surface area contributed by atoms with Gasteiger partial charge in [-0.2, -0.15) is 0 Å². The van der Waals surface area contributed by atoms with E-state index in [9.17, 15) is 4.79 Å². The first-order chi connectivity index (χ1) is 9.27. The van der Waals surface area contributed by atoms with Gasteiger partial charge in [-0.05, 0) is 43.9 Å². The van der Waals surface area contributed by atoms with Crippen molar-refractivity contribution >= 4 is 5.91 Å². The lowest BCUT2D eigenvalue weighted by Crippen LogP contribution is -2.44. The maximum atomic E-state index is 12.2. The van der Waals surface area contributed by atoms with Gasteiger partial charge in [0, 0.05) is 32.1 Å². The molecule has 2 saturated carbocycles. The average molecular weight is 264 g/mol. The Kier molecular flexibility index (Phi) is 4.11. The summed E-state index contributed by atoms with van der Waals surface area (Å²) in [6.45, 7) is 2.91. The minimum Gasteiger partial charge on any atom is -0.343 e. The molecule has 3 aliphatic rings. The number of carbonyl (C=O) groups excluding carboxylic acids is 1. The molecule has 1 amide bonds. The van der Waals surface area contributed by atoms with Gasteiger partial charge in [0.05, 0.1) is 0 Å². The second kappa shape index (κ2) is 5.82. The molecular formula is C16H28N2O. The fraction of sp³-hybridized carbons (Fsp3) is 0.938. The Bertz CT molecular complexity index is 309. The van der Waals surface area contributed by atoms with Gasteiger partial charge in [-0.3, -0.25) is 4.79 Å². The van der Waals surface area contributed by atoms with Gasteiger partial charge in [0.15, 0.2) is 0 Å². The number of likely N-dealkylation sites (tertiary alicyclic amines) is 1. The van der Waals surface area contributed by atoms with E-state index in [1.807, 2.05) is 0 Å². The third kappa shape index (κ3) is 3.50. The monoisotopic (exact) mass is 264 g/mol. The molecule has 0 radical (unpaired) electrons. The van der Waals surface area contributed by atoms with Crippen molar-refractivity contribution in [2.45, 2.75) is 70.3 Å². The molecule has 3 nitrogen and oxygen atoms in total. The first kappa shape index (κ1) is 13.4. The molecule has 3 rings (SSSR count). The summed E-state index contributed by atoms with van der Waals surface area (Å²) in [7, 11) is 0. The lowest BCUT2D eigenvalue weighted by molar-refractivity contribution is -0.133. The zero-order chi connectivity index (χ0) is 13.1. The van der Waals surface area contributed by atoms with E-state index in [0.717, 1.165) is 25.7 Å². The van der Waals surface area contributed by atoms with Crippen molar-refractivity contribution in [2.24, 2.45) is 5.41 Å². The fourth-order valence-electron chi connectivity index (χ4n) is 3.86. The van der Waals surface area contributed by atoms with Crippen LogP contribution in [0.3, 0.4) is 0 Å². The van der Waals surface area contributed by atoms with Gasteiger partial charge in [0.1, 0.15) is 0 Å². The molecule has 1 aliphatic heterocycles. The van der Waals surface area contributed by atoms with E-state index in [0.29, 0.717) is 17.7 Å². The molecule has 19 heavy (non-hydrogen) atoms. The van der Waals surface area contributed by atoms with E-state index in [1.165, 1.54) is 57.8 Å². The van der Waals surface area contributed by atoms with Crippen molar-refractivity contribution in [1.29, 1.82) is 0 Å². The lowest BCUT2D eigenvalue weighted by Gasteiger charge is -2.44. The van der Waals surface area contributed by atoms with Crippen molar-refractivity contribution in [1.82, 2.24) is 10.2 Å². The third-order valence-electron chi connectivity index (χ3n) is 5.44. The summed E-state index contributed by atoms with van der Waals surface area (Å²) >= 11 is 0. The number of rotatable bonds is 4. The number of nitrogens with zero attached hydrogens (tertiary/aromatic N) is 1. The van der Waals surface area contributed by atoms with Crippen molar-refractivity contribution in [3.8, 4) is 0 Å². The average Bonchev–Trinajstić information content (AvgIpc) is 3.24. The van der Waals surface area contributed by atoms with Crippen molar-refractivity contribution < 1.29 is 4.79 Å². The van der Waals surface area contributed by atoms with Crippen LogP contribution in [0.1, 0.15) is 64.2 Å². The summed E-state index contributed by atoms with van der Waals surface area (Å²) in [6.07, 6.45) is 12.9. The number of piperidine rings is 1. The van der Waals surface area contributed by atoms with Gasteiger partial charge < -0.3 is 10.2 Å². The van der Waals surface area contributed by atoms with Gasteiger partial charge in [-0.15, -0.1) is 0 Å². The standard InChI is InChI=1S/C16H28N2O/c19-15(6-11-17-14-4-5-14)18-12-9-16(10-13-18)7-2-1-3-8-16/h14,17H,1-13H2. The minimum atomic E-state index is 0.374. The van der Waals surface area contributed by atoms with Crippen LogP contribution in [0.25, 0.3) is 0 Å². The second-order valence-electron chi connectivity index (χ2n) is 6.92. The molecule has 2 aliphatic carbocycles. The molecular weight excluding hydrogens is 236 g/mol. The SMILES string of the molecule is O=C(CCNC1CC1)N1CCC2(CCCCC2)CC1. The highest BCUT2D eigenvalue weighted by Crippen LogP contribution is 2.44. The fourth-order valence-corrected chi connectivity index (χ4v) is 3.86. The second-order valence-corrected chi connectivity index (χ2v) is 6.92. The van der Waals surface area contributed by atoms with Crippen LogP contribution < -0.4 is 5.32 Å². The summed E-state index contributed by atoms with van der Waals surface area (Å²) in [4.78, 5) is 14.3. The van der Waals surface area contributed by atoms with E-state index >= 15 is 0 Å². The number of hydrogen-bond acceptors (Lipinski definition) is 2. The van der Waals surface area contributed by atoms with Crippen molar-refractivity contribution in [3.63, 3.8) is 0 Å². The molecule has 1 heterocycles. The van der Waals surface area contributed by atoms with Crippen LogP contribution in [0.5, 0.6) is 0 Å².